The maximum atomic E-state index is 13.8. The van der Waals surface area contributed by atoms with E-state index >= 15 is 0 Å². The molecule has 0 radical (unpaired) electrons. The van der Waals surface area contributed by atoms with Crippen LogP contribution in [0.1, 0.15) is 0 Å². The first-order chi connectivity index (χ1) is 11.0. The number of halogens is 2. The van der Waals surface area contributed by atoms with E-state index in [9.17, 15) is 4.39 Å². The van der Waals surface area contributed by atoms with E-state index in [1.165, 1.54) is 18.2 Å². The second-order valence-corrected chi connectivity index (χ2v) is 5.02. The first-order valence-corrected chi connectivity index (χ1v) is 6.87. The highest BCUT2D eigenvalue weighted by molar-refractivity contribution is 6.31. The lowest BCUT2D eigenvalue weighted by atomic mass is 10.2. The van der Waals surface area contributed by atoms with Gasteiger partial charge in [0, 0.05) is 18.9 Å². The van der Waals surface area contributed by atoms with Gasteiger partial charge in [0.15, 0.2) is 11.0 Å². The molecule has 0 aliphatic rings. The summed E-state index contributed by atoms with van der Waals surface area (Å²) in [5.41, 5.74) is 6.86. The molecule has 8 nitrogen and oxygen atoms in total. The van der Waals surface area contributed by atoms with Gasteiger partial charge in [-0.3, -0.25) is 4.68 Å². The van der Waals surface area contributed by atoms with E-state index in [-0.39, 0.29) is 22.6 Å². The number of aryl methyl sites for hydroxylation is 1. The lowest BCUT2D eigenvalue weighted by Gasteiger charge is -2.09. The molecular formula is C13H12ClFN8. The highest BCUT2D eigenvalue weighted by Gasteiger charge is 2.11. The minimum Gasteiger partial charge on any atom is -0.399 e. The molecule has 118 valence electrons. The molecule has 0 aliphatic carbocycles. The SMILES string of the molecule is Cn1cc(Nc2nnc(Cl)c(Nc3cc(N)ccc3F)n2)cn1. The summed E-state index contributed by atoms with van der Waals surface area (Å²) in [7, 11) is 1.78. The maximum Gasteiger partial charge on any atom is 0.249 e. The molecule has 0 amide bonds. The summed E-state index contributed by atoms with van der Waals surface area (Å²) in [5, 5.41) is 17.3. The third-order valence-electron chi connectivity index (χ3n) is 2.85. The predicted octanol–water partition coefficient (Wildman–Crippen LogP) is 2.47. The highest BCUT2D eigenvalue weighted by atomic mass is 35.5. The van der Waals surface area contributed by atoms with Gasteiger partial charge < -0.3 is 16.4 Å². The Morgan fingerprint density at radius 3 is 2.83 bits per heavy atom. The lowest BCUT2D eigenvalue weighted by molar-refractivity contribution is 0.632. The van der Waals surface area contributed by atoms with Crippen LogP contribution in [0.25, 0.3) is 0 Å². The molecule has 23 heavy (non-hydrogen) atoms. The molecule has 0 atom stereocenters. The molecule has 0 saturated carbocycles. The smallest absolute Gasteiger partial charge is 0.249 e. The summed E-state index contributed by atoms with van der Waals surface area (Å²) in [6.45, 7) is 0. The number of nitrogens with one attached hydrogen (secondary N) is 2. The number of hydrogen-bond donors (Lipinski definition) is 3. The second-order valence-electron chi connectivity index (χ2n) is 4.67. The number of hydrogen-bond acceptors (Lipinski definition) is 7. The quantitative estimate of drug-likeness (QED) is 0.629. The summed E-state index contributed by atoms with van der Waals surface area (Å²) in [4.78, 5) is 4.17. The summed E-state index contributed by atoms with van der Waals surface area (Å²) in [6, 6.07) is 4.13. The van der Waals surface area contributed by atoms with Crippen molar-refractivity contribution >= 4 is 40.4 Å². The number of anilines is 5. The Bertz CT molecular complexity index is 850. The van der Waals surface area contributed by atoms with Gasteiger partial charge in [-0.05, 0) is 18.2 Å². The molecule has 2 heterocycles. The summed E-state index contributed by atoms with van der Waals surface area (Å²) >= 11 is 5.95. The van der Waals surface area contributed by atoms with Crippen LogP contribution >= 0.6 is 11.6 Å². The highest BCUT2D eigenvalue weighted by Crippen LogP contribution is 2.25. The van der Waals surface area contributed by atoms with E-state index in [1.807, 2.05) is 0 Å². The van der Waals surface area contributed by atoms with Gasteiger partial charge >= 0.3 is 0 Å². The lowest BCUT2D eigenvalue weighted by Crippen LogP contribution is -2.04. The Morgan fingerprint density at radius 1 is 1.26 bits per heavy atom. The fourth-order valence-electron chi connectivity index (χ4n) is 1.83. The van der Waals surface area contributed by atoms with Gasteiger partial charge in [0.25, 0.3) is 0 Å². The van der Waals surface area contributed by atoms with Crippen LogP contribution in [-0.4, -0.2) is 25.0 Å². The molecule has 10 heteroatoms. The van der Waals surface area contributed by atoms with E-state index in [0.717, 1.165) is 0 Å². The number of nitrogens with two attached hydrogens (primary N) is 1. The molecule has 0 unspecified atom stereocenters. The molecule has 2 aromatic heterocycles. The number of aromatic nitrogens is 5. The molecule has 0 bridgehead atoms. The minimum atomic E-state index is -0.490. The van der Waals surface area contributed by atoms with Crippen molar-refractivity contribution in [3.8, 4) is 0 Å². The summed E-state index contributed by atoms with van der Waals surface area (Å²) in [5.74, 6) is -0.151. The van der Waals surface area contributed by atoms with E-state index < -0.39 is 5.82 Å². The van der Waals surface area contributed by atoms with E-state index in [0.29, 0.717) is 11.4 Å². The van der Waals surface area contributed by atoms with Crippen molar-refractivity contribution in [1.29, 1.82) is 0 Å². The minimum absolute atomic E-state index is 0.00330. The van der Waals surface area contributed by atoms with Gasteiger partial charge in [-0.15, -0.1) is 10.2 Å². The molecule has 3 aromatic rings. The molecule has 0 aliphatic heterocycles. The van der Waals surface area contributed by atoms with Gasteiger partial charge in [0.1, 0.15) is 5.82 Å². The monoisotopic (exact) mass is 334 g/mol. The molecule has 0 saturated heterocycles. The Labute approximate surface area is 135 Å². The van der Waals surface area contributed by atoms with Crippen LogP contribution in [0.15, 0.2) is 30.6 Å². The first kappa shape index (κ1) is 15.0. The zero-order valence-corrected chi connectivity index (χ0v) is 12.7. The fourth-order valence-corrected chi connectivity index (χ4v) is 1.95. The summed E-state index contributed by atoms with van der Waals surface area (Å²) < 4.78 is 15.4. The first-order valence-electron chi connectivity index (χ1n) is 6.49. The fraction of sp³-hybridized carbons (Fsp3) is 0.0769. The Hall–Kier alpha value is -2.94. The molecule has 4 N–H and O–H groups in total. The van der Waals surface area contributed by atoms with Crippen molar-refractivity contribution in [3.63, 3.8) is 0 Å². The Kier molecular flexibility index (Phi) is 3.94. The van der Waals surface area contributed by atoms with Gasteiger partial charge in [0.05, 0.1) is 17.6 Å². The number of nitrogens with zero attached hydrogens (tertiary/aromatic N) is 5. The standard InChI is InChI=1S/C13H12ClFN8/c1-23-6-8(5-17-23)18-13-20-12(11(14)21-22-13)19-10-4-7(16)2-3-9(10)15/h2-6H,16H2,1H3,(H2,18,19,20,22). The van der Waals surface area contributed by atoms with E-state index in [1.54, 1.807) is 24.1 Å². The van der Waals surface area contributed by atoms with Crippen LogP contribution in [0.4, 0.5) is 33.2 Å². The molecular weight excluding hydrogens is 323 g/mol. The Balaban J connectivity index is 1.87. The van der Waals surface area contributed by atoms with Gasteiger partial charge in [-0.25, -0.2) is 4.39 Å². The summed E-state index contributed by atoms with van der Waals surface area (Å²) in [6.07, 6.45) is 3.34. The van der Waals surface area contributed by atoms with Crippen molar-refractivity contribution in [2.45, 2.75) is 0 Å². The third-order valence-corrected chi connectivity index (χ3v) is 3.10. The van der Waals surface area contributed by atoms with Crippen LogP contribution in [0.2, 0.25) is 5.15 Å². The third kappa shape index (κ3) is 3.46. The number of nitrogen functional groups attached to an aromatic ring is 1. The molecule has 0 fully saturated rings. The van der Waals surface area contributed by atoms with Crippen molar-refractivity contribution in [1.82, 2.24) is 25.0 Å². The number of benzene rings is 1. The van der Waals surface area contributed by atoms with Crippen molar-refractivity contribution in [3.05, 3.63) is 41.6 Å². The number of rotatable bonds is 4. The topological polar surface area (TPSA) is 107 Å². The van der Waals surface area contributed by atoms with Crippen LogP contribution in [0, 0.1) is 5.82 Å². The van der Waals surface area contributed by atoms with Crippen LogP contribution in [-0.2, 0) is 7.05 Å². The van der Waals surface area contributed by atoms with Crippen LogP contribution in [0.3, 0.4) is 0 Å². The maximum absolute atomic E-state index is 13.8. The molecule has 3 rings (SSSR count). The largest absolute Gasteiger partial charge is 0.399 e. The molecule has 0 spiro atoms. The average Bonchev–Trinajstić information content (AvgIpc) is 2.91. The van der Waals surface area contributed by atoms with Crippen molar-refractivity contribution < 1.29 is 4.39 Å². The second kappa shape index (κ2) is 6.05. The van der Waals surface area contributed by atoms with Crippen molar-refractivity contribution in [2.24, 2.45) is 7.05 Å². The zero-order chi connectivity index (χ0) is 16.4. The Morgan fingerprint density at radius 2 is 2.09 bits per heavy atom. The van der Waals surface area contributed by atoms with Crippen LogP contribution < -0.4 is 16.4 Å². The van der Waals surface area contributed by atoms with Gasteiger partial charge in [-0.1, -0.05) is 11.6 Å². The van der Waals surface area contributed by atoms with E-state index in [2.05, 4.69) is 30.9 Å². The molecule has 1 aromatic carbocycles. The predicted molar refractivity (Wildman–Crippen MR) is 85.4 cm³/mol. The van der Waals surface area contributed by atoms with E-state index in [4.69, 9.17) is 17.3 Å². The zero-order valence-electron chi connectivity index (χ0n) is 12.0. The van der Waals surface area contributed by atoms with Gasteiger partial charge in [0.2, 0.25) is 5.95 Å². The van der Waals surface area contributed by atoms with Crippen molar-refractivity contribution in [2.75, 3.05) is 16.4 Å². The van der Waals surface area contributed by atoms with Crippen LogP contribution in [0.5, 0.6) is 0 Å². The normalized spacial score (nSPS) is 10.6. The average molecular weight is 335 g/mol. The van der Waals surface area contributed by atoms with Gasteiger partial charge in [-0.2, -0.15) is 10.1 Å².